The topological polar surface area (TPSA) is 60.1 Å². The number of nitrogens with one attached hydrogen (secondary N) is 1. The number of hydrogen-bond donors (Lipinski definition) is 1. The van der Waals surface area contributed by atoms with Crippen LogP contribution in [0.15, 0.2) is 51.5 Å². The third kappa shape index (κ3) is 3.67. The van der Waals surface area contributed by atoms with Crippen molar-refractivity contribution < 1.29 is 18.0 Å². The first-order chi connectivity index (χ1) is 13.8. The Balaban J connectivity index is 1.65. The summed E-state index contributed by atoms with van der Waals surface area (Å²) >= 11 is 3.41. The molecule has 1 N–H and O–H groups in total. The molecule has 0 atom stereocenters. The molecule has 2 heterocycles. The van der Waals surface area contributed by atoms with Crippen LogP contribution >= 0.6 is 15.9 Å². The number of hydrogen-bond acceptors (Lipinski definition) is 3. The highest BCUT2D eigenvalue weighted by atomic mass is 79.9. The predicted octanol–water partition coefficient (Wildman–Crippen LogP) is 5.59. The van der Waals surface area contributed by atoms with Gasteiger partial charge in [-0.25, -0.2) is 13.5 Å². The lowest BCUT2D eigenvalue weighted by atomic mass is 10.1. The summed E-state index contributed by atoms with van der Waals surface area (Å²) in [7, 11) is 0. The van der Waals surface area contributed by atoms with Crippen molar-refractivity contribution in [3.63, 3.8) is 0 Å². The zero-order valence-electron chi connectivity index (χ0n) is 15.6. The Bertz CT molecular complexity index is 1250. The third-order valence-electron chi connectivity index (χ3n) is 4.69. The fraction of sp³-hybridized carbons (Fsp3) is 0.143. The minimum absolute atomic E-state index is 0.0287. The van der Waals surface area contributed by atoms with E-state index in [-0.39, 0.29) is 17.9 Å². The lowest BCUT2D eigenvalue weighted by Gasteiger charge is -2.10. The van der Waals surface area contributed by atoms with E-state index in [0.717, 1.165) is 28.1 Å². The lowest BCUT2D eigenvalue weighted by Crippen LogP contribution is -2.17. The summed E-state index contributed by atoms with van der Waals surface area (Å²) < 4.78 is 35.5. The molecule has 1 amide bonds. The number of benzene rings is 2. The van der Waals surface area contributed by atoms with Crippen LogP contribution in [0.5, 0.6) is 0 Å². The van der Waals surface area contributed by atoms with Crippen molar-refractivity contribution in [1.82, 2.24) is 9.78 Å². The van der Waals surface area contributed by atoms with Gasteiger partial charge in [-0.15, -0.1) is 0 Å². The third-order valence-corrected chi connectivity index (χ3v) is 5.18. The highest BCUT2D eigenvalue weighted by Crippen LogP contribution is 2.29. The summed E-state index contributed by atoms with van der Waals surface area (Å²) in [5, 5.41) is 7.80. The second-order valence-electron chi connectivity index (χ2n) is 6.72. The van der Waals surface area contributed by atoms with Crippen LogP contribution in [0.4, 0.5) is 14.6 Å². The Morgan fingerprint density at radius 3 is 2.79 bits per heavy atom. The van der Waals surface area contributed by atoms with Gasteiger partial charge in [0.25, 0.3) is 5.91 Å². The number of carbonyl (C=O) groups excluding carboxylic acids is 1. The van der Waals surface area contributed by atoms with Gasteiger partial charge in [0.1, 0.15) is 23.0 Å². The summed E-state index contributed by atoms with van der Waals surface area (Å²) in [5.41, 5.74) is 2.13. The lowest BCUT2D eigenvalue weighted by molar-refractivity contribution is 0.0997. The molecule has 2 aromatic carbocycles. The summed E-state index contributed by atoms with van der Waals surface area (Å²) in [6.07, 6.45) is 1.55. The zero-order valence-corrected chi connectivity index (χ0v) is 17.2. The highest BCUT2D eigenvalue weighted by Gasteiger charge is 2.21. The van der Waals surface area contributed by atoms with E-state index in [0.29, 0.717) is 22.5 Å². The molecule has 0 fully saturated rings. The van der Waals surface area contributed by atoms with Gasteiger partial charge in [0.2, 0.25) is 0 Å². The van der Waals surface area contributed by atoms with Crippen molar-refractivity contribution >= 4 is 38.6 Å². The molecular weight excluding hydrogens is 444 g/mol. The first kappa shape index (κ1) is 19.3. The van der Waals surface area contributed by atoms with E-state index in [1.807, 2.05) is 12.1 Å². The Hall–Kier alpha value is -3.00. The van der Waals surface area contributed by atoms with Gasteiger partial charge in [-0.3, -0.25) is 4.79 Å². The Kier molecular flexibility index (Phi) is 4.96. The van der Waals surface area contributed by atoms with E-state index in [1.54, 1.807) is 26.1 Å². The Morgan fingerprint density at radius 2 is 2.00 bits per heavy atom. The molecule has 4 aromatic rings. The molecule has 4 rings (SSSR count). The molecule has 148 valence electrons. The van der Waals surface area contributed by atoms with Gasteiger partial charge in [0.05, 0.1) is 12.7 Å². The highest BCUT2D eigenvalue weighted by molar-refractivity contribution is 9.10. The summed E-state index contributed by atoms with van der Waals surface area (Å²) in [4.78, 5) is 12.9. The quantitative estimate of drug-likeness (QED) is 0.432. The molecule has 0 radical (unpaired) electrons. The number of aromatic nitrogens is 2. The maximum atomic E-state index is 14.0. The number of furan rings is 1. The number of nitrogens with zero attached hydrogens (tertiary/aromatic N) is 2. The molecule has 0 saturated heterocycles. The number of fused-ring (bicyclic) bond motifs is 1. The van der Waals surface area contributed by atoms with E-state index in [2.05, 4.69) is 26.3 Å². The molecule has 2 aromatic heterocycles. The van der Waals surface area contributed by atoms with E-state index in [9.17, 15) is 13.6 Å². The number of carbonyl (C=O) groups is 1. The van der Waals surface area contributed by atoms with Crippen molar-refractivity contribution in [3.05, 3.63) is 81.2 Å². The summed E-state index contributed by atoms with van der Waals surface area (Å²) in [6, 6.07) is 8.73. The number of amides is 1. The van der Waals surface area contributed by atoms with Crippen LogP contribution < -0.4 is 5.32 Å². The van der Waals surface area contributed by atoms with Gasteiger partial charge in [-0.1, -0.05) is 15.9 Å². The number of anilines is 1. The predicted molar refractivity (Wildman–Crippen MR) is 109 cm³/mol. The minimum atomic E-state index is -0.546. The molecule has 0 bridgehead atoms. The monoisotopic (exact) mass is 459 g/mol. The van der Waals surface area contributed by atoms with E-state index in [1.165, 1.54) is 4.68 Å². The average molecular weight is 460 g/mol. The maximum absolute atomic E-state index is 14.0. The Labute approximate surface area is 173 Å². The number of halogens is 3. The van der Waals surface area contributed by atoms with Crippen molar-refractivity contribution in [3.8, 4) is 0 Å². The second kappa shape index (κ2) is 7.44. The molecule has 0 aliphatic heterocycles. The smallest absolute Gasteiger partial charge is 0.292 e. The molecule has 0 spiro atoms. The van der Waals surface area contributed by atoms with Crippen molar-refractivity contribution in [1.29, 1.82) is 0 Å². The van der Waals surface area contributed by atoms with Gasteiger partial charge in [-0.05, 0) is 50.2 Å². The van der Waals surface area contributed by atoms with Gasteiger partial charge in [-0.2, -0.15) is 5.10 Å². The fourth-order valence-electron chi connectivity index (χ4n) is 3.16. The van der Waals surface area contributed by atoms with E-state index < -0.39 is 17.5 Å². The van der Waals surface area contributed by atoms with Crippen LogP contribution in [0.2, 0.25) is 0 Å². The fourth-order valence-corrected chi connectivity index (χ4v) is 3.52. The van der Waals surface area contributed by atoms with Crippen molar-refractivity contribution in [2.75, 3.05) is 5.32 Å². The van der Waals surface area contributed by atoms with Crippen LogP contribution in [-0.2, 0) is 6.54 Å². The minimum Gasteiger partial charge on any atom is -0.451 e. The van der Waals surface area contributed by atoms with Crippen molar-refractivity contribution in [2.45, 2.75) is 20.4 Å². The van der Waals surface area contributed by atoms with E-state index in [4.69, 9.17) is 4.42 Å². The molecule has 29 heavy (non-hydrogen) atoms. The van der Waals surface area contributed by atoms with Gasteiger partial charge >= 0.3 is 0 Å². The number of rotatable bonds is 4. The molecule has 0 aliphatic rings. The van der Waals surface area contributed by atoms with E-state index >= 15 is 0 Å². The van der Waals surface area contributed by atoms with Gasteiger partial charge < -0.3 is 9.73 Å². The zero-order chi connectivity index (χ0) is 20.7. The Morgan fingerprint density at radius 1 is 1.21 bits per heavy atom. The maximum Gasteiger partial charge on any atom is 0.292 e. The standard InChI is InChI=1S/C21H16BrF2N3O2/c1-11-9-25-27(10-13-7-15(23)4-5-17(13)24)20(11)26-21(28)19-12(2)16-8-14(22)3-6-18(16)29-19/h3-9H,10H2,1-2H3,(H,26,28). The first-order valence-electron chi connectivity index (χ1n) is 8.80. The molecule has 0 aliphatic carbocycles. The van der Waals surface area contributed by atoms with Gasteiger partial charge in [0.15, 0.2) is 5.76 Å². The van der Waals surface area contributed by atoms with Gasteiger partial charge in [0, 0.05) is 26.5 Å². The van der Waals surface area contributed by atoms with Crippen molar-refractivity contribution in [2.24, 2.45) is 0 Å². The molecule has 0 unspecified atom stereocenters. The normalized spacial score (nSPS) is 11.2. The van der Waals surface area contributed by atoms with Crippen LogP contribution in [0.1, 0.15) is 27.2 Å². The largest absolute Gasteiger partial charge is 0.451 e. The molecular formula is C21H16BrF2N3O2. The number of aryl methyl sites for hydroxylation is 2. The first-order valence-corrected chi connectivity index (χ1v) is 9.59. The SMILES string of the molecule is Cc1cnn(Cc2cc(F)ccc2F)c1NC(=O)c1oc2ccc(Br)cc2c1C. The average Bonchev–Trinajstić information content (AvgIpc) is 3.19. The molecule has 0 saturated carbocycles. The van der Waals surface area contributed by atoms with Crippen LogP contribution in [0, 0.1) is 25.5 Å². The molecule has 5 nitrogen and oxygen atoms in total. The summed E-state index contributed by atoms with van der Waals surface area (Å²) in [5.74, 6) is -0.961. The summed E-state index contributed by atoms with van der Waals surface area (Å²) in [6.45, 7) is 3.54. The van der Waals surface area contributed by atoms with Crippen LogP contribution in [0.25, 0.3) is 11.0 Å². The molecule has 8 heteroatoms. The van der Waals surface area contributed by atoms with Crippen LogP contribution in [0.3, 0.4) is 0 Å². The second-order valence-corrected chi connectivity index (χ2v) is 7.64. The van der Waals surface area contributed by atoms with Crippen LogP contribution in [-0.4, -0.2) is 15.7 Å².